The third-order valence-corrected chi connectivity index (χ3v) is 6.04. The van der Waals surface area contributed by atoms with Gasteiger partial charge in [-0.15, -0.1) is 0 Å². The molecule has 8 nitrogen and oxygen atoms in total. The van der Waals surface area contributed by atoms with Gasteiger partial charge in [0.1, 0.15) is 11.8 Å². The van der Waals surface area contributed by atoms with E-state index in [1.807, 2.05) is 0 Å². The Morgan fingerprint density at radius 2 is 2.17 bits per heavy atom. The van der Waals surface area contributed by atoms with Crippen LogP contribution in [-0.2, 0) is 19.6 Å². The fourth-order valence-corrected chi connectivity index (χ4v) is 4.77. The Kier molecular flexibility index (Phi) is 3.77. The van der Waals surface area contributed by atoms with E-state index < -0.39 is 22.0 Å². The molecule has 1 fully saturated rings. The van der Waals surface area contributed by atoms with Crippen molar-refractivity contribution in [3.63, 3.8) is 0 Å². The standard InChI is InChI=1S/C14H16N2O6S/c1-8-5-11-9(15-13(17)7-22-11)6-12(8)23(20,21)16-4-2-3-10(16)14(18)19/h5-6,10H,2-4,7H2,1H3,(H,15,17)(H,18,19). The van der Waals surface area contributed by atoms with Crippen LogP contribution in [-0.4, -0.2) is 48.9 Å². The van der Waals surface area contributed by atoms with Crippen molar-refractivity contribution in [1.82, 2.24) is 4.31 Å². The summed E-state index contributed by atoms with van der Waals surface area (Å²) in [4.78, 5) is 22.6. The van der Waals surface area contributed by atoms with Crippen LogP contribution in [0.25, 0.3) is 0 Å². The van der Waals surface area contributed by atoms with Gasteiger partial charge in [-0.05, 0) is 37.5 Å². The second-order valence-corrected chi connectivity index (χ2v) is 7.42. The summed E-state index contributed by atoms with van der Waals surface area (Å²) in [5, 5.41) is 11.8. The SMILES string of the molecule is Cc1cc2c(cc1S(=O)(=O)N1CCCC1C(=O)O)NC(=O)CO2. The number of nitrogens with one attached hydrogen (secondary N) is 1. The van der Waals surface area contributed by atoms with Crippen molar-refractivity contribution in [2.24, 2.45) is 0 Å². The summed E-state index contributed by atoms with van der Waals surface area (Å²) in [5.74, 6) is -1.12. The second-order valence-electron chi connectivity index (χ2n) is 5.56. The molecule has 1 atom stereocenters. The first-order valence-corrected chi connectivity index (χ1v) is 8.56. The number of aliphatic carboxylic acids is 1. The number of sulfonamides is 1. The maximum atomic E-state index is 12.8. The summed E-state index contributed by atoms with van der Waals surface area (Å²) >= 11 is 0. The van der Waals surface area contributed by atoms with Gasteiger partial charge < -0.3 is 15.2 Å². The normalized spacial score (nSPS) is 21.4. The molecule has 3 rings (SSSR count). The van der Waals surface area contributed by atoms with Gasteiger partial charge in [0, 0.05) is 6.54 Å². The summed E-state index contributed by atoms with van der Waals surface area (Å²) in [6.07, 6.45) is 0.790. The van der Waals surface area contributed by atoms with E-state index >= 15 is 0 Å². The molecule has 1 unspecified atom stereocenters. The maximum absolute atomic E-state index is 12.8. The summed E-state index contributed by atoms with van der Waals surface area (Å²) in [6, 6.07) is 1.81. The lowest BCUT2D eigenvalue weighted by Gasteiger charge is -2.24. The number of rotatable bonds is 3. The van der Waals surface area contributed by atoms with Crippen LogP contribution in [0.15, 0.2) is 17.0 Å². The number of carboxylic acid groups (broad SMARTS) is 1. The van der Waals surface area contributed by atoms with Gasteiger partial charge in [-0.2, -0.15) is 4.31 Å². The second kappa shape index (κ2) is 5.50. The number of fused-ring (bicyclic) bond motifs is 1. The molecule has 2 heterocycles. The maximum Gasteiger partial charge on any atom is 0.322 e. The Hall–Kier alpha value is -2.13. The lowest BCUT2D eigenvalue weighted by Crippen LogP contribution is -2.40. The summed E-state index contributed by atoms with van der Waals surface area (Å²) < 4.78 is 32.0. The zero-order valence-corrected chi connectivity index (χ0v) is 13.2. The van der Waals surface area contributed by atoms with Crippen LogP contribution in [0.5, 0.6) is 5.75 Å². The molecule has 1 aromatic rings. The molecule has 0 bridgehead atoms. The van der Waals surface area contributed by atoms with Gasteiger partial charge in [-0.25, -0.2) is 8.42 Å². The number of carboxylic acids is 1. The van der Waals surface area contributed by atoms with E-state index in [0.29, 0.717) is 24.2 Å². The van der Waals surface area contributed by atoms with Crippen LogP contribution in [0.3, 0.4) is 0 Å². The predicted molar refractivity (Wildman–Crippen MR) is 79.9 cm³/mol. The van der Waals surface area contributed by atoms with Gasteiger partial charge in [-0.1, -0.05) is 0 Å². The van der Waals surface area contributed by atoms with E-state index in [9.17, 15) is 23.1 Å². The number of aryl methyl sites for hydroxylation is 1. The van der Waals surface area contributed by atoms with Crippen molar-refractivity contribution >= 4 is 27.6 Å². The minimum Gasteiger partial charge on any atom is -0.482 e. The fraction of sp³-hybridized carbons (Fsp3) is 0.429. The minimum atomic E-state index is -3.97. The van der Waals surface area contributed by atoms with Crippen molar-refractivity contribution in [1.29, 1.82) is 0 Å². The molecule has 9 heteroatoms. The molecule has 0 spiro atoms. The van der Waals surface area contributed by atoms with Gasteiger partial charge in [0.25, 0.3) is 5.91 Å². The number of carbonyl (C=O) groups is 2. The van der Waals surface area contributed by atoms with E-state index in [2.05, 4.69) is 5.32 Å². The third kappa shape index (κ3) is 2.66. The molecule has 2 aliphatic heterocycles. The average Bonchev–Trinajstić information content (AvgIpc) is 2.97. The van der Waals surface area contributed by atoms with E-state index in [1.165, 1.54) is 12.1 Å². The zero-order chi connectivity index (χ0) is 16.8. The van der Waals surface area contributed by atoms with E-state index in [4.69, 9.17) is 4.74 Å². The monoisotopic (exact) mass is 340 g/mol. The van der Waals surface area contributed by atoms with Gasteiger partial charge in [0.15, 0.2) is 6.61 Å². The van der Waals surface area contributed by atoms with Crippen LogP contribution in [0, 0.1) is 6.92 Å². The van der Waals surface area contributed by atoms with Crippen molar-refractivity contribution in [2.75, 3.05) is 18.5 Å². The van der Waals surface area contributed by atoms with Crippen LogP contribution in [0.1, 0.15) is 18.4 Å². The summed E-state index contributed by atoms with van der Waals surface area (Å²) in [6.45, 7) is 1.66. The quantitative estimate of drug-likeness (QED) is 0.831. The number of benzene rings is 1. The Morgan fingerprint density at radius 1 is 1.43 bits per heavy atom. The number of amides is 1. The van der Waals surface area contributed by atoms with Gasteiger partial charge in [-0.3, -0.25) is 9.59 Å². The number of ether oxygens (including phenoxy) is 1. The molecular formula is C14H16N2O6S. The highest BCUT2D eigenvalue weighted by atomic mass is 32.2. The first-order valence-electron chi connectivity index (χ1n) is 7.12. The lowest BCUT2D eigenvalue weighted by molar-refractivity contribution is -0.140. The molecule has 0 aliphatic carbocycles. The minimum absolute atomic E-state index is 0.0183. The number of carbonyl (C=O) groups excluding carboxylic acids is 1. The predicted octanol–water partition coefficient (Wildman–Crippen LogP) is 0.564. The van der Waals surface area contributed by atoms with Crippen LogP contribution < -0.4 is 10.1 Å². The van der Waals surface area contributed by atoms with Gasteiger partial charge in [0.2, 0.25) is 10.0 Å². The molecule has 0 aromatic heterocycles. The van der Waals surface area contributed by atoms with E-state index in [1.54, 1.807) is 6.92 Å². The van der Waals surface area contributed by atoms with Crippen LogP contribution in [0.2, 0.25) is 0 Å². The van der Waals surface area contributed by atoms with Crippen molar-refractivity contribution in [3.05, 3.63) is 17.7 Å². The summed E-state index contributed by atoms with van der Waals surface area (Å²) in [5.41, 5.74) is 0.715. The Morgan fingerprint density at radius 3 is 2.87 bits per heavy atom. The molecule has 0 saturated carbocycles. The molecule has 0 radical (unpaired) electrons. The van der Waals surface area contributed by atoms with Crippen molar-refractivity contribution in [3.8, 4) is 5.75 Å². The Bertz CT molecular complexity index is 789. The first kappa shape index (κ1) is 15.8. The molecule has 2 N–H and O–H groups in total. The third-order valence-electron chi connectivity index (χ3n) is 3.99. The molecule has 1 amide bonds. The molecule has 124 valence electrons. The highest BCUT2D eigenvalue weighted by Gasteiger charge is 2.40. The highest BCUT2D eigenvalue weighted by molar-refractivity contribution is 7.89. The average molecular weight is 340 g/mol. The van der Waals surface area contributed by atoms with Crippen molar-refractivity contribution < 1.29 is 27.9 Å². The summed E-state index contributed by atoms with van der Waals surface area (Å²) in [7, 11) is -3.97. The lowest BCUT2D eigenvalue weighted by atomic mass is 10.2. The van der Waals surface area contributed by atoms with Gasteiger partial charge in [0.05, 0.1) is 10.6 Å². The largest absolute Gasteiger partial charge is 0.482 e. The van der Waals surface area contributed by atoms with Crippen molar-refractivity contribution in [2.45, 2.75) is 30.7 Å². The van der Waals surface area contributed by atoms with E-state index in [0.717, 1.165) is 4.31 Å². The number of anilines is 1. The number of hydrogen-bond donors (Lipinski definition) is 2. The zero-order valence-electron chi connectivity index (χ0n) is 12.4. The Labute approximate surface area is 133 Å². The molecule has 1 saturated heterocycles. The molecule has 1 aromatic carbocycles. The molecule has 23 heavy (non-hydrogen) atoms. The van der Waals surface area contributed by atoms with Gasteiger partial charge >= 0.3 is 5.97 Å². The Balaban J connectivity index is 2.05. The molecular weight excluding hydrogens is 324 g/mol. The highest BCUT2D eigenvalue weighted by Crippen LogP contribution is 2.35. The topological polar surface area (TPSA) is 113 Å². The van der Waals surface area contributed by atoms with Crippen LogP contribution in [0.4, 0.5) is 5.69 Å². The number of nitrogens with zero attached hydrogens (tertiary/aromatic N) is 1. The first-order chi connectivity index (χ1) is 10.8. The van der Waals surface area contributed by atoms with E-state index in [-0.39, 0.29) is 29.6 Å². The fourth-order valence-electron chi connectivity index (χ4n) is 2.89. The number of hydrogen-bond acceptors (Lipinski definition) is 5. The molecule has 2 aliphatic rings. The smallest absolute Gasteiger partial charge is 0.322 e. The van der Waals surface area contributed by atoms with Crippen LogP contribution >= 0.6 is 0 Å².